The number of rotatable bonds is 4. The molecule has 4 rings (SSSR count). The van der Waals surface area contributed by atoms with E-state index in [0.717, 1.165) is 27.8 Å². The van der Waals surface area contributed by atoms with Crippen LogP contribution in [0.3, 0.4) is 0 Å². The van der Waals surface area contributed by atoms with E-state index in [4.69, 9.17) is 10.2 Å². The Bertz CT molecular complexity index is 1210. The molecule has 1 aliphatic rings. The second-order valence-corrected chi connectivity index (χ2v) is 7.38. The Labute approximate surface area is 179 Å². The zero-order chi connectivity index (χ0) is 23.0. The molecule has 0 amide bonds. The van der Waals surface area contributed by atoms with E-state index >= 15 is 0 Å². The maximum Gasteiger partial charge on any atom is 0.449 e. The first-order chi connectivity index (χ1) is 15.1. The molecular formula is C21H19F4N5O2. The van der Waals surface area contributed by atoms with Gasteiger partial charge in [-0.2, -0.15) is 23.1 Å². The normalized spacial score (nSPS) is 16.9. The number of hydrogen-bond donors (Lipinski definition) is 1. The number of aromatic nitrogens is 3. The molecule has 0 fully saturated rings. The molecule has 11 heteroatoms. The fourth-order valence-electron chi connectivity index (χ4n) is 3.52. The van der Waals surface area contributed by atoms with Crippen LogP contribution in [0.25, 0.3) is 5.57 Å². The number of alkyl halides is 3. The first-order valence-electron chi connectivity index (χ1n) is 9.70. The van der Waals surface area contributed by atoms with Crippen molar-refractivity contribution in [1.82, 2.24) is 14.5 Å². The minimum absolute atomic E-state index is 0.0363. The van der Waals surface area contributed by atoms with Gasteiger partial charge >= 0.3 is 11.9 Å². The summed E-state index contributed by atoms with van der Waals surface area (Å²) in [6.07, 6.45) is -2.74. The highest BCUT2D eigenvalue weighted by molar-refractivity contribution is 5.72. The Balaban J connectivity index is 1.54. The van der Waals surface area contributed by atoms with Crippen LogP contribution in [-0.4, -0.2) is 33.7 Å². The highest BCUT2D eigenvalue weighted by Crippen LogP contribution is 2.30. The summed E-state index contributed by atoms with van der Waals surface area (Å²) in [7, 11) is 0. The first kappa shape index (κ1) is 21.8. The van der Waals surface area contributed by atoms with Crippen molar-refractivity contribution < 1.29 is 22.0 Å². The van der Waals surface area contributed by atoms with E-state index in [9.17, 15) is 22.4 Å². The SMILES string of the molecule is Cc1nc(N2CC=C(c3ccc(F)cc3)C(N)C2)nc(=O)n1Cc1ccc(C(F)(F)F)o1. The predicted octanol–water partition coefficient (Wildman–Crippen LogP) is 2.98. The smallest absolute Gasteiger partial charge is 0.449 e. The molecule has 168 valence electrons. The van der Waals surface area contributed by atoms with Crippen LogP contribution in [0.4, 0.5) is 23.5 Å². The Morgan fingerprint density at radius 3 is 2.47 bits per heavy atom. The van der Waals surface area contributed by atoms with Gasteiger partial charge in [0.05, 0.1) is 6.54 Å². The first-order valence-corrected chi connectivity index (χ1v) is 9.70. The van der Waals surface area contributed by atoms with E-state index < -0.39 is 23.7 Å². The van der Waals surface area contributed by atoms with Gasteiger partial charge in [-0.15, -0.1) is 0 Å². The van der Waals surface area contributed by atoms with Crippen molar-refractivity contribution in [3.63, 3.8) is 0 Å². The van der Waals surface area contributed by atoms with E-state index in [1.165, 1.54) is 12.1 Å². The van der Waals surface area contributed by atoms with E-state index in [0.29, 0.717) is 13.1 Å². The summed E-state index contributed by atoms with van der Waals surface area (Å²) in [5.74, 6) is -1.07. The van der Waals surface area contributed by atoms with Crippen molar-refractivity contribution in [2.24, 2.45) is 5.73 Å². The zero-order valence-corrected chi connectivity index (χ0v) is 16.9. The van der Waals surface area contributed by atoms with Crippen molar-refractivity contribution in [2.75, 3.05) is 18.0 Å². The lowest BCUT2D eigenvalue weighted by Crippen LogP contribution is -2.44. The summed E-state index contributed by atoms with van der Waals surface area (Å²) < 4.78 is 57.2. The minimum atomic E-state index is -4.61. The molecule has 1 unspecified atom stereocenters. The molecule has 0 saturated carbocycles. The number of furan rings is 1. The summed E-state index contributed by atoms with van der Waals surface area (Å²) in [5, 5.41) is 0. The fourth-order valence-corrected chi connectivity index (χ4v) is 3.52. The molecule has 0 saturated heterocycles. The van der Waals surface area contributed by atoms with Gasteiger partial charge in [0, 0.05) is 19.1 Å². The molecule has 1 aliphatic heterocycles. The summed E-state index contributed by atoms with van der Waals surface area (Å²) in [6, 6.07) is 7.58. The van der Waals surface area contributed by atoms with Gasteiger partial charge < -0.3 is 15.1 Å². The number of hydrogen-bond acceptors (Lipinski definition) is 6. The van der Waals surface area contributed by atoms with Gasteiger partial charge in [0.15, 0.2) is 0 Å². The molecule has 7 nitrogen and oxygen atoms in total. The molecule has 0 radical (unpaired) electrons. The monoisotopic (exact) mass is 449 g/mol. The highest BCUT2D eigenvalue weighted by Gasteiger charge is 2.34. The van der Waals surface area contributed by atoms with Crippen molar-refractivity contribution in [3.8, 4) is 0 Å². The molecular weight excluding hydrogens is 430 g/mol. The van der Waals surface area contributed by atoms with Gasteiger partial charge in [-0.1, -0.05) is 18.2 Å². The lowest BCUT2D eigenvalue weighted by atomic mass is 9.95. The molecule has 2 aromatic heterocycles. The van der Waals surface area contributed by atoms with Crippen LogP contribution >= 0.6 is 0 Å². The van der Waals surface area contributed by atoms with Crippen LogP contribution in [-0.2, 0) is 12.7 Å². The number of aryl methyl sites for hydroxylation is 1. The average molecular weight is 449 g/mol. The second kappa shape index (κ2) is 8.23. The molecule has 0 spiro atoms. The Morgan fingerprint density at radius 1 is 1.16 bits per heavy atom. The molecule has 0 aliphatic carbocycles. The van der Waals surface area contributed by atoms with Crippen LogP contribution in [0.15, 0.2) is 51.7 Å². The summed E-state index contributed by atoms with van der Waals surface area (Å²) in [5.41, 5.74) is 7.27. The lowest BCUT2D eigenvalue weighted by Gasteiger charge is -2.31. The van der Waals surface area contributed by atoms with Gasteiger partial charge in [0.25, 0.3) is 0 Å². The largest absolute Gasteiger partial charge is 0.455 e. The number of anilines is 1. The number of halogens is 4. The molecule has 3 aromatic rings. The van der Waals surface area contributed by atoms with Gasteiger partial charge in [-0.05, 0) is 42.3 Å². The summed E-state index contributed by atoms with van der Waals surface area (Å²) in [4.78, 5) is 22.6. The Kier molecular flexibility index (Phi) is 5.59. The standard InChI is InChI=1S/C21H19F4N5O2/c1-12-27-19(28-20(31)30(12)10-15-6-7-18(32-15)21(23,24)25)29-9-8-16(17(26)11-29)13-2-4-14(22)5-3-13/h2-8,17H,9-11,26H2,1H3. The van der Waals surface area contributed by atoms with Crippen molar-refractivity contribution >= 4 is 11.5 Å². The minimum Gasteiger partial charge on any atom is -0.455 e. The van der Waals surface area contributed by atoms with Gasteiger partial charge in [0.2, 0.25) is 11.7 Å². The zero-order valence-electron chi connectivity index (χ0n) is 16.9. The quantitative estimate of drug-likeness (QED) is 0.616. The molecule has 32 heavy (non-hydrogen) atoms. The number of nitrogens with zero attached hydrogens (tertiary/aromatic N) is 4. The van der Waals surface area contributed by atoms with Crippen LogP contribution < -0.4 is 16.3 Å². The predicted molar refractivity (Wildman–Crippen MR) is 108 cm³/mol. The summed E-state index contributed by atoms with van der Waals surface area (Å²) in [6.45, 7) is 2.05. The molecule has 2 N–H and O–H groups in total. The second-order valence-electron chi connectivity index (χ2n) is 7.38. The molecule has 0 bridgehead atoms. The van der Waals surface area contributed by atoms with Crippen molar-refractivity contribution in [1.29, 1.82) is 0 Å². The number of nitrogens with two attached hydrogens (primary N) is 1. The Hall–Kier alpha value is -3.47. The highest BCUT2D eigenvalue weighted by atomic mass is 19.4. The third kappa shape index (κ3) is 4.42. The Morgan fingerprint density at radius 2 is 1.88 bits per heavy atom. The topological polar surface area (TPSA) is 90.2 Å². The van der Waals surface area contributed by atoms with Crippen molar-refractivity contribution in [2.45, 2.75) is 25.7 Å². The van der Waals surface area contributed by atoms with Crippen LogP contribution in [0.2, 0.25) is 0 Å². The van der Waals surface area contributed by atoms with E-state index in [-0.39, 0.29) is 29.9 Å². The van der Waals surface area contributed by atoms with Crippen molar-refractivity contribution in [3.05, 3.63) is 81.7 Å². The molecule has 3 heterocycles. The maximum absolute atomic E-state index is 13.2. The van der Waals surface area contributed by atoms with E-state index in [1.54, 1.807) is 24.0 Å². The van der Waals surface area contributed by atoms with E-state index in [2.05, 4.69) is 9.97 Å². The third-order valence-corrected chi connectivity index (χ3v) is 5.14. The summed E-state index contributed by atoms with van der Waals surface area (Å²) >= 11 is 0. The maximum atomic E-state index is 13.2. The van der Waals surface area contributed by atoms with Crippen LogP contribution in [0, 0.1) is 12.7 Å². The third-order valence-electron chi connectivity index (χ3n) is 5.14. The van der Waals surface area contributed by atoms with Gasteiger partial charge in [-0.3, -0.25) is 4.57 Å². The average Bonchev–Trinajstić information content (AvgIpc) is 3.21. The van der Waals surface area contributed by atoms with Gasteiger partial charge in [-0.25, -0.2) is 9.18 Å². The number of benzene rings is 1. The van der Waals surface area contributed by atoms with Crippen LogP contribution in [0.1, 0.15) is 22.9 Å². The molecule has 1 aromatic carbocycles. The van der Waals surface area contributed by atoms with Gasteiger partial charge in [0.1, 0.15) is 17.4 Å². The van der Waals surface area contributed by atoms with Crippen LogP contribution in [0.5, 0.6) is 0 Å². The fraction of sp³-hybridized carbons (Fsp3) is 0.286. The van der Waals surface area contributed by atoms with E-state index in [1.807, 2.05) is 6.08 Å². The lowest BCUT2D eigenvalue weighted by molar-refractivity contribution is -0.153. The molecule has 1 atom stereocenters.